The zero-order valence-corrected chi connectivity index (χ0v) is 6.61. The number of benzene rings is 1. The Morgan fingerprint density at radius 3 is 2.08 bits per heavy atom. The molecular weight excluding hydrogens is 186 g/mol. The van der Waals surface area contributed by atoms with Crippen molar-refractivity contribution in [3.63, 3.8) is 0 Å². The van der Waals surface area contributed by atoms with Crippen molar-refractivity contribution in [2.45, 2.75) is 5.38 Å². The van der Waals surface area contributed by atoms with Crippen LogP contribution in [0, 0.1) is 0 Å². The summed E-state index contributed by atoms with van der Waals surface area (Å²) in [6, 6.07) is 4.65. The molecule has 1 radical (unpaired) electrons. The van der Waals surface area contributed by atoms with Gasteiger partial charge in [-0.3, -0.25) is 4.79 Å². The zero-order chi connectivity index (χ0) is 9.19. The largest absolute Gasteiger partial charge is 0.348 e. The molecule has 1 nitrogen and oxygen atoms in total. The Kier molecular flexibility index (Phi) is 2.43. The minimum atomic E-state index is -3.37. The number of hydrogen-bond acceptors (Lipinski definition) is 1. The molecule has 12 heavy (non-hydrogen) atoms. The van der Waals surface area contributed by atoms with Crippen molar-refractivity contribution in [1.82, 2.24) is 0 Å². The van der Waals surface area contributed by atoms with Crippen LogP contribution in [0.15, 0.2) is 24.3 Å². The Morgan fingerprint density at radius 1 is 1.25 bits per heavy atom. The van der Waals surface area contributed by atoms with E-state index in [2.05, 4.69) is 0 Å². The van der Waals surface area contributed by atoms with Crippen molar-refractivity contribution in [3.05, 3.63) is 35.4 Å². The number of rotatable bonds is 2. The van der Waals surface area contributed by atoms with E-state index in [0.29, 0.717) is 0 Å². The Bertz CT molecular complexity index is 276. The second-order valence-electron chi connectivity index (χ2n) is 2.18. The van der Waals surface area contributed by atoms with E-state index in [-0.39, 0.29) is 11.1 Å². The van der Waals surface area contributed by atoms with E-state index in [1.165, 1.54) is 12.1 Å². The fraction of sp³-hybridized carbons (Fsp3) is 0.125. The number of halogens is 3. The van der Waals surface area contributed by atoms with Gasteiger partial charge in [-0.2, -0.15) is 8.78 Å². The molecule has 0 aliphatic carbocycles. The minimum absolute atomic E-state index is 0.222. The third kappa shape index (κ3) is 2.01. The summed E-state index contributed by atoms with van der Waals surface area (Å²) >= 11 is 4.72. The molecule has 63 valence electrons. The van der Waals surface area contributed by atoms with Crippen LogP contribution < -0.4 is 0 Å². The van der Waals surface area contributed by atoms with Crippen LogP contribution in [-0.2, 0) is 10.2 Å². The monoisotopic (exact) mass is 189 g/mol. The molecule has 0 aliphatic heterocycles. The lowest BCUT2D eigenvalue weighted by molar-refractivity contribution is 0.0951. The zero-order valence-electron chi connectivity index (χ0n) is 5.85. The van der Waals surface area contributed by atoms with Crippen LogP contribution in [0.3, 0.4) is 0 Å². The molecule has 0 unspecified atom stereocenters. The maximum absolute atomic E-state index is 12.4. The predicted molar refractivity (Wildman–Crippen MR) is 41.0 cm³/mol. The summed E-state index contributed by atoms with van der Waals surface area (Å²) < 4.78 is 24.7. The van der Waals surface area contributed by atoms with Crippen molar-refractivity contribution in [2.24, 2.45) is 0 Å². The highest BCUT2D eigenvalue weighted by Crippen LogP contribution is 2.31. The Hall–Kier alpha value is -0.960. The Morgan fingerprint density at radius 2 is 1.75 bits per heavy atom. The van der Waals surface area contributed by atoms with E-state index in [4.69, 9.17) is 11.6 Å². The van der Waals surface area contributed by atoms with Crippen molar-refractivity contribution < 1.29 is 13.6 Å². The molecule has 0 fully saturated rings. The summed E-state index contributed by atoms with van der Waals surface area (Å²) in [4.78, 5) is 10.0. The number of hydrogen-bond donors (Lipinski definition) is 0. The van der Waals surface area contributed by atoms with E-state index in [1.54, 1.807) is 6.29 Å². The van der Waals surface area contributed by atoms with Crippen LogP contribution in [0.2, 0.25) is 0 Å². The highest BCUT2D eigenvalue weighted by atomic mass is 35.5. The van der Waals surface area contributed by atoms with Crippen molar-refractivity contribution in [2.75, 3.05) is 0 Å². The summed E-state index contributed by atoms with van der Waals surface area (Å²) in [5.74, 6) is 0. The third-order valence-corrected chi connectivity index (χ3v) is 1.55. The normalized spacial score (nSPS) is 11.2. The van der Waals surface area contributed by atoms with Gasteiger partial charge in [0.1, 0.15) is 0 Å². The minimum Gasteiger partial charge on any atom is -0.285 e. The van der Waals surface area contributed by atoms with Gasteiger partial charge in [-0.05, 0) is 11.6 Å². The second kappa shape index (κ2) is 3.19. The van der Waals surface area contributed by atoms with Gasteiger partial charge in [-0.25, -0.2) is 0 Å². The quantitative estimate of drug-likeness (QED) is 0.653. The first kappa shape index (κ1) is 9.13. The van der Waals surface area contributed by atoms with Crippen LogP contribution in [0.1, 0.15) is 11.1 Å². The SMILES string of the molecule is O=[C]c1ccc(C(F)(F)Cl)cc1. The average Bonchev–Trinajstić information content (AvgIpc) is 2.03. The van der Waals surface area contributed by atoms with Gasteiger partial charge >= 0.3 is 5.38 Å². The lowest BCUT2D eigenvalue weighted by atomic mass is 10.1. The predicted octanol–water partition coefficient (Wildman–Crippen LogP) is 2.43. The van der Waals surface area contributed by atoms with Crippen LogP contribution >= 0.6 is 11.6 Å². The molecule has 1 aromatic rings. The highest BCUT2D eigenvalue weighted by molar-refractivity contribution is 6.21. The van der Waals surface area contributed by atoms with Gasteiger partial charge < -0.3 is 0 Å². The van der Waals surface area contributed by atoms with Crippen LogP contribution in [0.4, 0.5) is 8.78 Å². The summed E-state index contributed by atoms with van der Waals surface area (Å²) in [6.45, 7) is 0. The molecule has 0 saturated carbocycles. The van der Waals surface area contributed by atoms with Gasteiger partial charge in [0.15, 0.2) is 0 Å². The van der Waals surface area contributed by atoms with Crippen LogP contribution in [0.5, 0.6) is 0 Å². The Labute approximate surface area is 73.0 Å². The van der Waals surface area contributed by atoms with E-state index in [9.17, 15) is 13.6 Å². The van der Waals surface area contributed by atoms with Crippen molar-refractivity contribution >= 4 is 17.9 Å². The Balaban J connectivity index is 3.00. The van der Waals surface area contributed by atoms with E-state index in [0.717, 1.165) is 12.1 Å². The molecule has 1 aromatic carbocycles. The van der Waals surface area contributed by atoms with Gasteiger partial charge in [0, 0.05) is 11.1 Å². The second-order valence-corrected chi connectivity index (χ2v) is 2.65. The summed E-state index contributed by atoms with van der Waals surface area (Å²) in [5.41, 5.74) is -0.108. The average molecular weight is 190 g/mol. The standard InChI is InChI=1S/C8H4ClF2O/c9-8(10,11)7-3-1-6(5-12)2-4-7/h1-4H. The molecule has 0 bridgehead atoms. The first-order valence-electron chi connectivity index (χ1n) is 3.09. The summed E-state index contributed by atoms with van der Waals surface area (Å²) in [6.07, 6.45) is 1.57. The molecule has 0 amide bonds. The lowest BCUT2D eigenvalue weighted by Gasteiger charge is -2.06. The maximum Gasteiger partial charge on any atom is 0.348 e. The number of carbonyl (C=O) groups excluding carboxylic acids is 1. The molecular formula is C8H4ClF2O. The first-order chi connectivity index (χ1) is 5.54. The van der Waals surface area contributed by atoms with Crippen LogP contribution in [-0.4, -0.2) is 6.29 Å². The van der Waals surface area contributed by atoms with Crippen molar-refractivity contribution in [1.29, 1.82) is 0 Å². The van der Waals surface area contributed by atoms with Gasteiger partial charge in [0.25, 0.3) is 0 Å². The fourth-order valence-corrected chi connectivity index (χ4v) is 0.853. The first-order valence-corrected chi connectivity index (χ1v) is 3.47. The molecule has 1 rings (SSSR count). The molecule has 0 aliphatic rings. The van der Waals surface area contributed by atoms with E-state index >= 15 is 0 Å². The molecule has 4 heteroatoms. The van der Waals surface area contributed by atoms with E-state index in [1.807, 2.05) is 0 Å². The molecule has 0 saturated heterocycles. The topological polar surface area (TPSA) is 17.1 Å². The van der Waals surface area contributed by atoms with Gasteiger partial charge in [0.05, 0.1) is 0 Å². The van der Waals surface area contributed by atoms with Gasteiger partial charge in [0.2, 0.25) is 6.29 Å². The molecule has 0 N–H and O–H groups in total. The molecule has 0 aromatic heterocycles. The fourth-order valence-electron chi connectivity index (χ4n) is 0.727. The smallest absolute Gasteiger partial charge is 0.285 e. The lowest BCUT2D eigenvalue weighted by Crippen LogP contribution is -2.02. The molecule has 0 atom stereocenters. The number of alkyl halides is 3. The van der Waals surface area contributed by atoms with Crippen LogP contribution in [0.25, 0.3) is 0 Å². The van der Waals surface area contributed by atoms with Crippen molar-refractivity contribution in [3.8, 4) is 0 Å². The third-order valence-electron chi connectivity index (χ3n) is 1.33. The van der Waals surface area contributed by atoms with Gasteiger partial charge in [-0.15, -0.1) is 0 Å². The highest BCUT2D eigenvalue weighted by Gasteiger charge is 2.27. The summed E-state index contributed by atoms with van der Waals surface area (Å²) in [5, 5.41) is -3.37. The summed E-state index contributed by atoms with van der Waals surface area (Å²) in [7, 11) is 0. The maximum atomic E-state index is 12.4. The van der Waals surface area contributed by atoms with E-state index < -0.39 is 5.38 Å². The van der Waals surface area contributed by atoms with Gasteiger partial charge in [-0.1, -0.05) is 24.3 Å². The molecule has 0 spiro atoms. The molecule has 0 heterocycles.